The number of carbonyl (C=O) groups excluding carboxylic acids is 1. The maximum atomic E-state index is 13.5. The van der Waals surface area contributed by atoms with Gasteiger partial charge in [-0.2, -0.15) is 0 Å². The van der Waals surface area contributed by atoms with E-state index in [4.69, 9.17) is 4.74 Å². The van der Waals surface area contributed by atoms with Gasteiger partial charge in [0.15, 0.2) is 0 Å². The van der Waals surface area contributed by atoms with Gasteiger partial charge in [-0.15, -0.1) is 0 Å². The first-order valence-corrected chi connectivity index (χ1v) is 8.91. The van der Waals surface area contributed by atoms with Gasteiger partial charge in [0.1, 0.15) is 11.9 Å². The average Bonchev–Trinajstić information content (AvgIpc) is 3.07. The minimum absolute atomic E-state index is 0.314. The number of pyridine rings is 1. The van der Waals surface area contributed by atoms with E-state index < -0.39 is 12.2 Å². The number of amides is 1. The van der Waals surface area contributed by atoms with Gasteiger partial charge in [0.25, 0.3) is 0 Å². The average molecular weight is 372 g/mol. The van der Waals surface area contributed by atoms with Crippen molar-refractivity contribution in [3.63, 3.8) is 0 Å². The van der Waals surface area contributed by atoms with Gasteiger partial charge in [-0.3, -0.25) is 4.98 Å². The van der Waals surface area contributed by atoms with Crippen molar-refractivity contribution in [2.45, 2.75) is 18.6 Å². The lowest BCUT2D eigenvalue weighted by atomic mass is 9.97. The lowest BCUT2D eigenvalue weighted by Crippen LogP contribution is -2.24. The minimum Gasteiger partial charge on any atom is -0.443 e. The Labute approximate surface area is 162 Å². The quantitative estimate of drug-likeness (QED) is 0.707. The van der Waals surface area contributed by atoms with Crippen molar-refractivity contribution < 1.29 is 13.9 Å². The van der Waals surface area contributed by atoms with E-state index >= 15 is 0 Å². The summed E-state index contributed by atoms with van der Waals surface area (Å²) in [5, 5.41) is 2.81. The molecule has 4 nitrogen and oxygen atoms in total. The van der Waals surface area contributed by atoms with Crippen LogP contribution in [0.1, 0.15) is 28.3 Å². The Balaban J connectivity index is 1.57. The van der Waals surface area contributed by atoms with Crippen LogP contribution in [0.5, 0.6) is 0 Å². The molecule has 4 rings (SSSR count). The van der Waals surface area contributed by atoms with Gasteiger partial charge in [0.2, 0.25) is 0 Å². The van der Waals surface area contributed by atoms with E-state index in [2.05, 4.69) is 22.1 Å². The van der Waals surface area contributed by atoms with Crippen LogP contribution in [0.2, 0.25) is 0 Å². The number of aromatic nitrogens is 1. The third-order valence-corrected chi connectivity index (χ3v) is 4.47. The van der Waals surface area contributed by atoms with Gasteiger partial charge < -0.3 is 10.1 Å². The number of halogens is 1. The first-order valence-electron chi connectivity index (χ1n) is 8.91. The zero-order valence-corrected chi connectivity index (χ0v) is 14.9. The molecule has 1 amide bonds. The minimum atomic E-state index is -0.493. The van der Waals surface area contributed by atoms with Crippen LogP contribution in [0.25, 0.3) is 0 Å². The predicted octanol–water partition coefficient (Wildman–Crippen LogP) is 4.01. The highest BCUT2D eigenvalue weighted by Crippen LogP contribution is 2.27. The molecule has 28 heavy (non-hydrogen) atoms. The van der Waals surface area contributed by atoms with Gasteiger partial charge in [-0.25, -0.2) is 9.18 Å². The van der Waals surface area contributed by atoms with Crippen molar-refractivity contribution in [3.8, 4) is 11.8 Å². The van der Waals surface area contributed by atoms with Crippen LogP contribution < -0.4 is 5.32 Å². The largest absolute Gasteiger partial charge is 0.443 e. The Bertz CT molecular complexity index is 1060. The Morgan fingerprint density at radius 3 is 2.64 bits per heavy atom. The van der Waals surface area contributed by atoms with E-state index in [9.17, 15) is 9.18 Å². The summed E-state index contributed by atoms with van der Waals surface area (Å²) in [6.45, 7) is 0. The summed E-state index contributed by atoms with van der Waals surface area (Å²) in [6, 6.07) is 17.5. The SMILES string of the molecule is O=C1NC(c2cncc(C#Cc3ccccc3)c2)C(Cc2cccc(F)c2)O1. The molecule has 1 aliphatic rings. The van der Waals surface area contributed by atoms with E-state index in [1.807, 2.05) is 42.5 Å². The number of rotatable bonds is 3. The number of nitrogens with zero attached hydrogens (tertiary/aromatic N) is 1. The molecule has 2 heterocycles. The molecule has 138 valence electrons. The molecular formula is C23H17FN2O2. The molecule has 2 aromatic carbocycles. The molecule has 1 saturated heterocycles. The first-order chi connectivity index (χ1) is 13.7. The van der Waals surface area contributed by atoms with Crippen molar-refractivity contribution in [2.24, 2.45) is 0 Å². The van der Waals surface area contributed by atoms with Crippen molar-refractivity contribution in [2.75, 3.05) is 0 Å². The molecule has 0 spiro atoms. The second kappa shape index (κ2) is 7.93. The first kappa shape index (κ1) is 17.7. The molecule has 2 unspecified atom stereocenters. The van der Waals surface area contributed by atoms with Crippen LogP contribution in [-0.4, -0.2) is 17.2 Å². The second-order valence-electron chi connectivity index (χ2n) is 6.52. The fourth-order valence-electron chi connectivity index (χ4n) is 3.18. The summed E-state index contributed by atoms with van der Waals surface area (Å²) < 4.78 is 18.9. The molecule has 5 heteroatoms. The number of cyclic esters (lactones) is 1. The van der Waals surface area contributed by atoms with E-state index in [1.54, 1.807) is 18.5 Å². The maximum absolute atomic E-state index is 13.5. The number of alkyl carbamates (subject to hydrolysis) is 1. The molecule has 1 aliphatic heterocycles. The second-order valence-corrected chi connectivity index (χ2v) is 6.52. The third kappa shape index (κ3) is 4.18. The zero-order valence-electron chi connectivity index (χ0n) is 14.9. The normalized spacial score (nSPS) is 18.0. The smallest absolute Gasteiger partial charge is 0.408 e. The fourth-order valence-corrected chi connectivity index (χ4v) is 3.18. The topological polar surface area (TPSA) is 51.2 Å². The Hall–Kier alpha value is -3.65. The molecule has 1 N–H and O–H groups in total. The number of ether oxygens (including phenoxy) is 1. The highest BCUT2D eigenvalue weighted by molar-refractivity contribution is 5.71. The van der Waals surface area contributed by atoms with Crippen molar-refractivity contribution in [3.05, 3.63) is 101 Å². The van der Waals surface area contributed by atoms with E-state index in [-0.39, 0.29) is 11.9 Å². The number of hydrogen-bond donors (Lipinski definition) is 1. The number of nitrogens with one attached hydrogen (secondary N) is 1. The van der Waals surface area contributed by atoms with Crippen LogP contribution in [0.4, 0.5) is 9.18 Å². The molecule has 0 radical (unpaired) electrons. The number of benzene rings is 2. The summed E-state index contributed by atoms with van der Waals surface area (Å²) in [5.41, 5.74) is 3.22. The third-order valence-electron chi connectivity index (χ3n) is 4.47. The summed E-state index contributed by atoms with van der Waals surface area (Å²) in [4.78, 5) is 16.1. The van der Waals surface area contributed by atoms with Gasteiger partial charge in [0, 0.05) is 29.9 Å². The van der Waals surface area contributed by atoms with Gasteiger partial charge >= 0.3 is 6.09 Å². The Morgan fingerprint density at radius 2 is 1.82 bits per heavy atom. The number of carbonyl (C=O) groups is 1. The lowest BCUT2D eigenvalue weighted by molar-refractivity contribution is 0.131. The van der Waals surface area contributed by atoms with Crippen LogP contribution in [-0.2, 0) is 11.2 Å². The standard InChI is InChI=1S/C23H17FN2O2/c24-20-8-4-7-17(12-20)13-21-22(26-23(27)28-21)19-11-18(14-25-15-19)10-9-16-5-2-1-3-6-16/h1-8,11-12,14-15,21-22H,13H2,(H,26,27). The molecule has 0 bridgehead atoms. The van der Waals surface area contributed by atoms with Gasteiger partial charge in [-0.1, -0.05) is 42.2 Å². The summed E-state index contributed by atoms with van der Waals surface area (Å²) in [6.07, 6.45) is 2.83. The summed E-state index contributed by atoms with van der Waals surface area (Å²) in [7, 11) is 0. The molecule has 1 fully saturated rings. The lowest BCUT2D eigenvalue weighted by Gasteiger charge is -2.17. The Morgan fingerprint density at radius 1 is 1.00 bits per heavy atom. The van der Waals surface area contributed by atoms with Crippen LogP contribution >= 0.6 is 0 Å². The van der Waals surface area contributed by atoms with Crippen LogP contribution in [0, 0.1) is 17.7 Å². The Kier molecular flexibility index (Phi) is 5.03. The summed E-state index contributed by atoms with van der Waals surface area (Å²) in [5.74, 6) is 5.87. The van der Waals surface area contributed by atoms with Gasteiger partial charge in [0.05, 0.1) is 6.04 Å². The van der Waals surface area contributed by atoms with Gasteiger partial charge in [-0.05, 0) is 41.5 Å². The highest BCUT2D eigenvalue weighted by Gasteiger charge is 2.35. The van der Waals surface area contributed by atoms with E-state index in [0.29, 0.717) is 6.42 Å². The maximum Gasteiger partial charge on any atom is 0.408 e. The number of hydrogen-bond acceptors (Lipinski definition) is 3. The molecule has 0 saturated carbocycles. The monoisotopic (exact) mass is 372 g/mol. The molecule has 1 aromatic heterocycles. The van der Waals surface area contributed by atoms with Crippen LogP contribution in [0.3, 0.4) is 0 Å². The summed E-state index contributed by atoms with van der Waals surface area (Å²) >= 11 is 0. The molecular weight excluding hydrogens is 355 g/mol. The van der Waals surface area contributed by atoms with Crippen LogP contribution in [0.15, 0.2) is 73.1 Å². The molecule has 0 aliphatic carbocycles. The molecule has 3 aromatic rings. The van der Waals surface area contributed by atoms with E-state index in [0.717, 1.165) is 22.3 Å². The van der Waals surface area contributed by atoms with E-state index in [1.165, 1.54) is 12.1 Å². The predicted molar refractivity (Wildman–Crippen MR) is 103 cm³/mol. The van der Waals surface area contributed by atoms with Crippen molar-refractivity contribution >= 4 is 6.09 Å². The fraction of sp³-hybridized carbons (Fsp3) is 0.130. The highest BCUT2D eigenvalue weighted by atomic mass is 19.1. The van der Waals surface area contributed by atoms with Crippen molar-refractivity contribution in [1.29, 1.82) is 0 Å². The zero-order chi connectivity index (χ0) is 19.3. The molecule has 2 atom stereocenters. The van der Waals surface area contributed by atoms with Crippen molar-refractivity contribution in [1.82, 2.24) is 10.3 Å².